The number of nitrogens with zero attached hydrogens (tertiary/aromatic N) is 3. The quantitative estimate of drug-likeness (QED) is 0.586. The van der Waals surface area contributed by atoms with Gasteiger partial charge in [0.25, 0.3) is 0 Å². The lowest BCUT2D eigenvalue weighted by molar-refractivity contribution is 0.243. The highest BCUT2D eigenvalue weighted by Gasteiger charge is 2.27. The van der Waals surface area contributed by atoms with Crippen LogP contribution in [-0.2, 0) is 20.0 Å². The topological polar surface area (TPSA) is 39.8 Å². The second-order valence-corrected chi connectivity index (χ2v) is 4.57. The van der Waals surface area contributed by atoms with E-state index in [-0.39, 0.29) is 11.1 Å². The molecule has 0 radical (unpaired) electrons. The monoisotopic (exact) mass is 181 g/mol. The molecule has 2 rings (SSSR count). The molecule has 0 amide bonds. The zero-order chi connectivity index (χ0) is 9.64. The van der Waals surface area contributed by atoms with Crippen molar-refractivity contribution < 1.29 is 0 Å². The van der Waals surface area contributed by atoms with Gasteiger partial charge in [-0.15, -0.1) is 0 Å². The van der Waals surface area contributed by atoms with Crippen LogP contribution in [0.15, 0.2) is 4.79 Å². The van der Waals surface area contributed by atoms with E-state index in [9.17, 15) is 4.79 Å². The van der Waals surface area contributed by atoms with Crippen molar-refractivity contribution in [2.75, 3.05) is 0 Å². The van der Waals surface area contributed by atoms with Crippen LogP contribution in [0.4, 0.5) is 0 Å². The second kappa shape index (κ2) is 2.47. The first-order chi connectivity index (χ1) is 5.99. The van der Waals surface area contributed by atoms with Crippen LogP contribution in [0.3, 0.4) is 0 Å². The Kier molecular flexibility index (Phi) is 1.62. The molecule has 1 aromatic rings. The molecule has 1 aromatic heterocycles. The average molecular weight is 181 g/mol. The van der Waals surface area contributed by atoms with E-state index in [2.05, 4.69) is 18.9 Å². The number of aromatic nitrogens is 3. The van der Waals surface area contributed by atoms with Crippen LogP contribution in [0.5, 0.6) is 0 Å². The van der Waals surface area contributed by atoms with E-state index in [0.29, 0.717) is 0 Å². The Hall–Kier alpha value is -1.06. The minimum absolute atomic E-state index is 0.0165. The summed E-state index contributed by atoms with van der Waals surface area (Å²) < 4.78 is 3.22. The van der Waals surface area contributed by atoms with Gasteiger partial charge in [-0.25, -0.2) is 9.48 Å². The molecule has 0 atom stereocenters. The molecule has 0 saturated heterocycles. The zero-order valence-electron chi connectivity index (χ0n) is 8.37. The maximum absolute atomic E-state index is 11.6. The largest absolute Gasteiger partial charge is 0.345 e. The lowest BCUT2D eigenvalue weighted by atomic mass is 9.85. The molecule has 4 heteroatoms. The van der Waals surface area contributed by atoms with Crippen molar-refractivity contribution in [2.45, 2.75) is 33.2 Å². The molecule has 4 nitrogen and oxygen atoms in total. The molecular formula is C9H15N3O. The zero-order valence-corrected chi connectivity index (χ0v) is 8.37. The van der Waals surface area contributed by atoms with Crippen molar-refractivity contribution in [2.24, 2.45) is 12.5 Å². The van der Waals surface area contributed by atoms with E-state index in [0.717, 1.165) is 25.2 Å². The van der Waals surface area contributed by atoms with E-state index < -0.39 is 0 Å². The first kappa shape index (κ1) is 8.53. The number of hydrogen-bond acceptors (Lipinski definition) is 2. The molecule has 0 fully saturated rings. The van der Waals surface area contributed by atoms with Crippen molar-refractivity contribution >= 4 is 0 Å². The second-order valence-electron chi connectivity index (χ2n) is 4.57. The van der Waals surface area contributed by atoms with E-state index in [4.69, 9.17) is 0 Å². The molecule has 0 spiro atoms. The van der Waals surface area contributed by atoms with E-state index in [1.807, 2.05) is 0 Å². The number of rotatable bonds is 0. The van der Waals surface area contributed by atoms with Crippen LogP contribution < -0.4 is 5.69 Å². The highest BCUT2D eigenvalue weighted by molar-refractivity contribution is 4.95. The van der Waals surface area contributed by atoms with Gasteiger partial charge in [-0.2, -0.15) is 5.10 Å². The summed E-state index contributed by atoms with van der Waals surface area (Å²) >= 11 is 0. The molecule has 72 valence electrons. The summed E-state index contributed by atoms with van der Waals surface area (Å²) in [6, 6.07) is 0. The van der Waals surface area contributed by atoms with Gasteiger partial charge in [0.1, 0.15) is 5.82 Å². The third kappa shape index (κ3) is 1.30. The maximum atomic E-state index is 11.6. The van der Waals surface area contributed by atoms with Crippen LogP contribution in [0.1, 0.15) is 26.1 Å². The molecular weight excluding hydrogens is 166 g/mol. The van der Waals surface area contributed by atoms with Gasteiger partial charge in [0, 0.05) is 20.0 Å². The fraction of sp³-hybridized carbons (Fsp3) is 0.778. The SMILES string of the molecule is Cn1nc2n(c1=O)CC(C)(C)CC2. The summed E-state index contributed by atoms with van der Waals surface area (Å²) in [5.74, 6) is 0.937. The Morgan fingerprint density at radius 3 is 2.85 bits per heavy atom. The van der Waals surface area contributed by atoms with Crippen molar-refractivity contribution in [3.8, 4) is 0 Å². The van der Waals surface area contributed by atoms with Crippen molar-refractivity contribution in [1.82, 2.24) is 14.3 Å². The minimum atomic E-state index is 0.0165. The van der Waals surface area contributed by atoms with Gasteiger partial charge in [0.15, 0.2) is 0 Å². The van der Waals surface area contributed by atoms with Crippen LogP contribution in [0.25, 0.3) is 0 Å². The summed E-state index contributed by atoms with van der Waals surface area (Å²) in [7, 11) is 1.71. The fourth-order valence-electron chi connectivity index (χ4n) is 1.86. The Morgan fingerprint density at radius 2 is 2.15 bits per heavy atom. The molecule has 0 unspecified atom stereocenters. The van der Waals surface area contributed by atoms with Crippen LogP contribution >= 0.6 is 0 Å². The van der Waals surface area contributed by atoms with Crippen LogP contribution in [0, 0.1) is 5.41 Å². The highest BCUT2D eigenvalue weighted by atomic mass is 16.2. The minimum Gasteiger partial charge on any atom is -0.278 e. The van der Waals surface area contributed by atoms with Crippen LogP contribution in [-0.4, -0.2) is 14.3 Å². The van der Waals surface area contributed by atoms with E-state index in [1.54, 1.807) is 11.6 Å². The predicted molar refractivity (Wildman–Crippen MR) is 49.6 cm³/mol. The lowest BCUT2D eigenvalue weighted by Crippen LogP contribution is -2.33. The molecule has 2 heterocycles. The Bertz CT molecular complexity index is 386. The van der Waals surface area contributed by atoms with Gasteiger partial charge in [-0.3, -0.25) is 4.57 Å². The Labute approximate surface area is 77.2 Å². The normalized spacial score (nSPS) is 19.9. The van der Waals surface area contributed by atoms with Gasteiger partial charge in [0.2, 0.25) is 0 Å². The third-order valence-corrected chi connectivity index (χ3v) is 2.70. The predicted octanol–water partition coefficient (Wildman–Crippen LogP) is 0.554. The van der Waals surface area contributed by atoms with Crippen molar-refractivity contribution in [3.63, 3.8) is 0 Å². The van der Waals surface area contributed by atoms with E-state index in [1.165, 1.54) is 4.68 Å². The Balaban J connectivity index is 2.50. The van der Waals surface area contributed by atoms with Gasteiger partial charge in [-0.1, -0.05) is 13.8 Å². The molecule has 13 heavy (non-hydrogen) atoms. The molecule has 1 aliphatic heterocycles. The van der Waals surface area contributed by atoms with Crippen molar-refractivity contribution in [1.29, 1.82) is 0 Å². The lowest BCUT2D eigenvalue weighted by Gasteiger charge is -2.29. The van der Waals surface area contributed by atoms with Gasteiger partial charge < -0.3 is 0 Å². The average Bonchev–Trinajstić information content (AvgIpc) is 2.29. The van der Waals surface area contributed by atoms with Gasteiger partial charge in [-0.05, 0) is 11.8 Å². The molecule has 0 N–H and O–H groups in total. The molecule has 0 aromatic carbocycles. The summed E-state index contributed by atoms with van der Waals surface area (Å²) in [6.07, 6.45) is 2.03. The maximum Gasteiger partial charge on any atom is 0.345 e. The standard InChI is InChI=1S/C9H15N3O/c1-9(2)5-4-7-10-11(3)8(13)12(7)6-9/h4-6H2,1-3H3. The van der Waals surface area contributed by atoms with Crippen molar-refractivity contribution in [3.05, 3.63) is 16.3 Å². The summed E-state index contributed by atoms with van der Waals surface area (Å²) in [6.45, 7) is 5.18. The molecule has 1 aliphatic rings. The fourth-order valence-corrected chi connectivity index (χ4v) is 1.86. The summed E-state index contributed by atoms with van der Waals surface area (Å²) in [5, 5.41) is 4.18. The summed E-state index contributed by atoms with van der Waals surface area (Å²) in [4.78, 5) is 11.6. The first-order valence-corrected chi connectivity index (χ1v) is 4.62. The summed E-state index contributed by atoms with van der Waals surface area (Å²) in [5.41, 5.74) is 0.252. The number of aryl methyl sites for hydroxylation is 2. The van der Waals surface area contributed by atoms with Gasteiger partial charge >= 0.3 is 5.69 Å². The third-order valence-electron chi connectivity index (χ3n) is 2.70. The van der Waals surface area contributed by atoms with Crippen LogP contribution in [0.2, 0.25) is 0 Å². The highest BCUT2D eigenvalue weighted by Crippen LogP contribution is 2.28. The molecule has 0 bridgehead atoms. The smallest absolute Gasteiger partial charge is 0.278 e. The number of fused-ring (bicyclic) bond motifs is 1. The molecule has 0 saturated carbocycles. The first-order valence-electron chi connectivity index (χ1n) is 4.62. The Morgan fingerprint density at radius 1 is 1.46 bits per heavy atom. The van der Waals surface area contributed by atoms with Gasteiger partial charge in [0.05, 0.1) is 0 Å². The number of hydrogen-bond donors (Lipinski definition) is 0. The molecule has 0 aliphatic carbocycles. The van der Waals surface area contributed by atoms with E-state index >= 15 is 0 Å².